The van der Waals surface area contributed by atoms with E-state index in [-0.39, 0.29) is 25.2 Å². The molecular formula is C12H15F3N2O2. The SMILES string of the molecule is NCc1ccc(N2CC(O)C(O)C2)cc1C(F)(F)F. The fourth-order valence-corrected chi connectivity index (χ4v) is 2.18. The lowest BCUT2D eigenvalue weighted by Crippen LogP contribution is -2.22. The minimum absolute atomic E-state index is 0.0246. The van der Waals surface area contributed by atoms with Gasteiger partial charge < -0.3 is 20.8 Å². The van der Waals surface area contributed by atoms with Gasteiger partial charge in [-0.15, -0.1) is 0 Å². The summed E-state index contributed by atoms with van der Waals surface area (Å²) in [6.45, 7) is 0.0290. The Balaban J connectivity index is 2.34. The second kappa shape index (κ2) is 4.99. The van der Waals surface area contributed by atoms with Crippen LogP contribution in [0.5, 0.6) is 0 Å². The average molecular weight is 276 g/mol. The van der Waals surface area contributed by atoms with E-state index in [0.717, 1.165) is 6.07 Å². The Morgan fingerprint density at radius 1 is 1.21 bits per heavy atom. The lowest BCUT2D eigenvalue weighted by atomic mass is 10.1. The molecule has 0 amide bonds. The predicted molar refractivity (Wildman–Crippen MR) is 63.6 cm³/mol. The van der Waals surface area contributed by atoms with E-state index in [9.17, 15) is 23.4 Å². The summed E-state index contributed by atoms with van der Waals surface area (Å²) < 4.78 is 38.6. The summed E-state index contributed by atoms with van der Waals surface area (Å²) in [5.41, 5.74) is 4.87. The number of aliphatic hydroxyl groups is 2. The van der Waals surface area contributed by atoms with Crippen LogP contribution < -0.4 is 10.6 Å². The Kier molecular flexibility index (Phi) is 3.71. The maximum Gasteiger partial charge on any atom is 0.416 e. The molecule has 1 heterocycles. The fraction of sp³-hybridized carbons (Fsp3) is 0.500. The third kappa shape index (κ3) is 2.83. The molecule has 0 saturated carbocycles. The fourth-order valence-electron chi connectivity index (χ4n) is 2.18. The second-order valence-corrected chi connectivity index (χ2v) is 4.58. The number of hydrogen-bond donors (Lipinski definition) is 3. The molecule has 1 fully saturated rings. The van der Waals surface area contributed by atoms with Gasteiger partial charge in [-0.25, -0.2) is 0 Å². The van der Waals surface area contributed by atoms with Crippen molar-refractivity contribution in [2.45, 2.75) is 24.9 Å². The molecule has 7 heteroatoms. The highest BCUT2D eigenvalue weighted by atomic mass is 19.4. The van der Waals surface area contributed by atoms with Crippen molar-refractivity contribution < 1.29 is 23.4 Å². The Morgan fingerprint density at radius 3 is 2.26 bits per heavy atom. The molecule has 19 heavy (non-hydrogen) atoms. The first-order chi connectivity index (χ1) is 8.82. The van der Waals surface area contributed by atoms with Gasteiger partial charge in [-0.1, -0.05) is 6.07 Å². The van der Waals surface area contributed by atoms with Crippen molar-refractivity contribution in [3.8, 4) is 0 Å². The molecule has 0 radical (unpaired) electrons. The number of halogens is 3. The normalized spacial score (nSPS) is 24.0. The Bertz CT molecular complexity index is 455. The van der Waals surface area contributed by atoms with Crippen molar-refractivity contribution in [3.05, 3.63) is 29.3 Å². The lowest BCUT2D eigenvalue weighted by Gasteiger charge is -2.20. The zero-order valence-electron chi connectivity index (χ0n) is 10.1. The van der Waals surface area contributed by atoms with Crippen LogP contribution in [0, 0.1) is 0 Å². The zero-order valence-corrected chi connectivity index (χ0v) is 10.1. The third-order valence-electron chi connectivity index (χ3n) is 3.24. The van der Waals surface area contributed by atoms with Gasteiger partial charge in [0, 0.05) is 25.3 Å². The number of alkyl halides is 3. The summed E-state index contributed by atoms with van der Waals surface area (Å²) in [5, 5.41) is 18.9. The molecule has 2 atom stereocenters. The highest BCUT2D eigenvalue weighted by molar-refractivity contribution is 5.53. The topological polar surface area (TPSA) is 69.7 Å². The van der Waals surface area contributed by atoms with E-state index >= 15 is 0 Å². The van der Waals surface area contributed by atoms with Crippen LogP contribution in [-0.4, -0.2) is 35.5 Å². The molecular weight excluding hydrogens is 261 g/mol. The van der Waals surface area contributed by atoms with Crippen LogP contribution >= 0.6 is 0 Å². The average Bonchev–Trinajstić information content (AvgIpc) is 2.68. The molecule has 2 unspecified atom stereocenters. The van der Waals surface area contributed by atoms with E-state index in [4.69, 9.17) is 5.73 Å². The summed E-state index contributed by atoms with van der Waals surface area (Å²) in [4.78, 5) is 1.52. The van der Waals surface area contributed by atoms with Gasteiger partial charge in [0.2, 0.25) is 0 Å². The van der Waals surface area contributed by atoms with Crippen LogP contribution in [0.4, 0.5) is 18.9 Å². The van der Waals surface area contributed by atoms with Crippen molar-refractivity contribution in [1.29, 1.82) is 0 Å². The van der Waals surface area contributed by atoms with Crippen LogP contribution in [0.25, 0.3) is 0 Å². The van der Waals surface area contributed by atoms with Crippen molar-refractivity contribution in [2.24, 2.45) is 5.73 Å². The minimum Gasteiger partial charge on any atom is -0.389 e. The Hall–Kier alpha value is -1.31. The monoisotopic (exact) mass is 276 g/mol. The molecule has 0 aromatic heterocycles. The summed E-state index contributed by atoms with van der Waals surface area (Å²) in [7, 11) is 0. The second-order valence-electron chi connectivity index (χ2n) is 4.58. The Morgan fingerprint density at radius 2 is 1.79 bits per heavy atom. The molecule has 1 aromatic rings. The van der Waals surface area contributed by atoms with Gasteiger partial charge in [0.05, 0.1) is 17.8 Å². The van der Waals surface area contributed by atoms with Gasteiger partial charge in [-0.2, -0.15) is 13.2 Å². The highest BCUT2D eigenvalue weighted by Crippen LogP contribution is 2.35. The van der Waals surface area contributed by atoms with Crippen LogP contribution in [0.3, 0.4) is 0 Å². The molecule has 4 nitrogen and oxygen atoms in total. The minimum atomic E-state index is -4.47. The van der Waals surface area contributed by atoms with Crippen molar-refractivity contribution in [1.82, 2.24) is 0 Å². The number of aliphatic hydroxyl groups excluding tert-OH is 2. The van der Waals surface area contributed by atoms with E-state index in [2.05, 4.69) is 0 Å². The van der Waals surface area contributed by atoms with E-state index in [1.54, 1.807) is 0 Å². The number of benzene rings is 1. The Labute approximate surface area is 108 Å². The number of nitrogens with zero attached hydrogens (tertiary/aromatic N) is 1. The molecule has 4 N–H and O–H groups in total. The molecule has 0 bridgehead atoms. The lowest BCUT2D eigenvalue weighted by molar-refractivity contribution is -0.138. The van der Waals surface area contributed by atoms with Crippen LogP contribution in [0.1, 0.15) is 11.1 Å². The molecule has 2 rings (SSSR count). The molecule has 0 spiro atoms. The molecule has 0 aliphatic carbocycles. The largest absolute Gasteiger partial charge is 0.416 e. The maximum atomic E-state index is 12.9. The number of rotatable bonds is 2. The van der Waals surface area contributed by atoms with Gasteiger partial charge in [0.15, 0.2) is 0 Å². The van der Waals surface area contributed by atoms with E-state index in [1.807, 2.05) is 0 Å². The molecule has 1 aliphatic rings. The highest BCUT2D eigenvalue weighted by Gasteiger charge is 2.35. The first kappa shape index (κ1) is 14.1. The first-order valence-electron chi connectivity index (χ1n) is 5.84. The third-order valence-corrected chi connectivity index (χ3v) is 3.24. The van der Waals surface area contributed by atoms with Crippen molar-refractivity contribution >= 4 is 5.69 Å². The van der Waals surface area contributed by atoms with Gasteiger partial charge in [-0.05, 0) is 17.7 Å². The number of nitrogens with two attached hydrogens (primary N) is 1. The number of β-amino-alcohol motifs (C(OH)–C–C–N with tert-alkyl or cyclic N) is 2. The van der Waals surface area contributed by atoms with E-state index in [0.29, 0.717) is 5.69 Å². The smallest absolute Gasteiger partial charge is 0.389 e. The summed E-state index contributed by atoms with van der Waals surface area (Å²) in [6, 6.07) is 3.85. The quantitative estimate of drug-likeness (QED) is 0.744. The first-order valence-corrected chi connectivity index (χ1v) is 5.84. The standard InChI is InChI=1S/C12H15F3N2O2/c13-12(14,15)9-3-8(2-1-7(9)4-16)17-5-10(18)11(19)6-17/h1-3,10-11,18-19H,4-6,16H2. The summed E-state index contributed by atoms with van der Waals surface area (Å²) in [5.74, 6) is 0. The summed E-state index contributed by atoms with van der Waals surface area (Å²) in [6.07, 6.45) is -6.35. The van der Waals surface area contributed by atoms with Crippen LogP contribution in [-0.2, 0) is 12.7 Å². The van der Waals surface area contributed by atoms with E-state index < -0.39 is 23.9 Å². The zero-order chi connectivity index (χ0) is 14.2. The molecule has 1 aromatic carbocycles. The van der Waals surface area contributed by atoms with Crippen LogP contribution in [0.15, 0.2) is 18.2 Å². The number of hydrogen-bond acceptors (Lipinski definition) is 4. The van der Waals surface area contributed by atoms with Gasteiger partial charge in [-0.3, -0.25) is 0 Å². The maximum absolute atomic E-state index is 12.9. The molecule has 1 aliphatic heterocycles. The molecule has 1 saturated heterocycles. The predicted octanol–water partition coefficient (Wildman–Crippen LogP) is 0.706. The van der Waals surface area contributed by atoms with Gasteiger partial charge in [0.1, 0.15) is 0 Å². The van der Waals surface area contributed by atoms with E-state index in [1.165, 1.54) is 17.0 Å². The summed E-state index contributed by atoms with van der Waals surface area (Å²) >= 11 is 0. The number of anilines is 1. The van der Waals surface area contributed by atoms with Crippen molar-refractivity contribution in [2.75, 3.05) is 18.0 Å². The van der Waals surface area contributed by atoms with Crippen molar-refractivity contribution in [3.63, 3.8) is 0 Å². The molecule has 106 valence electrons. The van der Waals surface area contributed by atoms with Gasteiger partial charge >= 0.3 is 6.18 Å². The van der Waals surface area contributed by atoms with Gasteiger partial charge in [0.25, 0.3) is 0 Å². The van der Waals surface area contributed by atoms with Crippen LogP contribution in [0.2, 0.25) is 0 Å².